The number of benzene rings is 2. The van der Waals surface area contributed by atoms with Gasteiger partial charge in [-0.2, -0.15) is 0 Å². The van der Waals surface area contributed by atoms with E-state index in [2.05, 4.69) is 27.6 Å². The average molecular weight is 446 g/mol. The number of ether oxygens (including phenoxy) is 1. The second-order valence-electron chi connectivity index (χ2n) is 6.87. The largest absolute Gasteiger partial charge is 0.496 e. The van der Waals surface area contributed by atoms with Gasteiger partial charge in [-0.05, 0) is 61.6 Å². The smallest absolute Gasteiger partial charge is 0.277 e. The van der Waals surface area contributed by atoms with Crippen LogP contribution in [0, 0.1) is 13.8 Å². The van der Waals surface area contributed by atoms with E-state index in [0.717, 1.165) is 29.7 Å². The Bertz CT molecular complexity index is 1020. The highest BCUT2D eigenvalue weighted by Gasteiger charge is 2.11. The van der Waals surface area contributed by atoms with E-state index >= 15 is 0 Å². The molecule has 158 valence electrons. The maximum absolute atomic E-state index is 12.2. The fourth-order valence-corrected chi connectivity index (χ4v) is 3.75. The molecule has 6 nitrogen and oxygen atoms in total. The van der Waals surface area contributed by atoms with Gasteiger partial charge in [-0.1, -0.05) is 41.6 Å². The Kier molecular flexibility index (Phi) is 7.76. The molecule has 0 aliphatic heterocycles. The summed E-state index contributed by atoms with van der Waals surface area (Å²) in [6, 6.07) is 11.6. The van der Waals surface area contributed by atoms with Crippen molar-refractivity contribution in [2.24, 2.45) is 0 Å². The van der Waals surface area contributed by atoms with E-state index in [1.54, 1.807) is 19.2 Å². The van der Waals surface area contributed by atoms with Crippen molar-refractivity contribution in [3.8, 4) is 5.75 Å². The third-order valence-electron chi connectivity index (χ3n) is 4.63. The lowest BCUT2D eigenvalue weighted by atomic mass is 10.1. The van der Waals surface area contributed by atoms with Crippen molar-refractivity contribution in [3.63, 3.8) is 0 Å². The van der Waals surface area contributed by atoms with Gasteiger partial charge in [0.1, 0.15) is 5.75 Å². The molecule has 0 saturated carbocycles. The van der Waals surface area contributed by atoms with Gasteiger partial charge >= 0.3 is 0 Å². The van der Waals surface area contributed by atoms with E-state index in [9.17, 15) is 4.79 Å². The number of carbonyl (C=O) groups is 1. The Balaban J connectivity index is 1.44. The number of anilines is 1. The first-order chi connectivity index (χ1) is 14.5. The first kappa shape index (κ1) is 22.2. The molecule has 0 unspecified atom stereocenters. The molecule has 30 heavy (non-hydrogen) atoms. The van der Waals surface area contributed by atoms with Crippen LogP contribution in [0.4, 0.5) is 5.69 Å². The van der Waals surface area contributed by atoms with Crippen molar-refractivity contribution in [3.05, 3.63) is 64.0 Å². The summed E-state index contributed by atoms with van der Waals surface area (Å²) >= 11 is 7.29. The van der Waals surface area contributed by atoms with Gasteiger partial charge in [0.25, 0.3) is 5.22 Å². The summed E-state index contributed by atoms with van der Waals surface area (Å²) in [7, 11) is 1.68. The molecule has 3 rings (SSSR count). The second-order valence-corrected chi connectivity index (χ2v) is 8.20. The summed E-state index contributed by atoms with van der Waals surface area (Å²) in [6.07, 6.45) is 2.50. The van der Waals surface area contributed by atoms with Crippen molar-refractivity contribution in [1.82, 2.24) is 10.2 Å². The van der Waals surface area contributed by atoms with E-state index in [1.807, 2.05) is 26.0 Å². The Morgan fingerprint density at radius 3 is 2.80 bits per heavy atom. The molecule has 1 aromatic heterocycles. The highest BCUT2D eigenvalue weighted by molar-refractivity contribution is 7.99. The lowest BCUT2D eigenvalue weighted by Crippen LogP contribution is -2.14. The lowest BCUT2D eigenvalue weighted by Gasteiger charge is -2.08. The zero-order valence-corrected chi connectivity index (χ0v) is 18.8. The molecule has 1 amide bonds. The number of aromatic nitrogens is 2. The number of amides is 1. The van der Waals surface area contributed by atoms with Crippen LogP contribution in [0.3, 0.4) is 0 Å². The average Bonchev–Trinajstić information content (AvgIpc) is 3.18. The lowest BCUT2D eigenvalue weighted by molar-refractivity contribution is -0.113. The SMILES string of the molecule is COc1ccc(CCCc2nnc(SCC(=O)Nc3cccc(Cl)c3C)o2)cc1C. The van der Waals surface area contributed by atoms with Gasteiger partial charge in [-0.15, -0.1) is 10.2 Å². The highest BCUT2D eigenvalue weighted by Crippen LogP contribution is 2.24. The third-order valence-corrected chi connectivity index (χ3v) is 5.86. The summed E-state index contributed by atoms with van der Waals surface area (Å²) in [5.74, 6) is 1.50. The second kappa shape index (κ2) is 10.5. The number of rotatable bonds is 9. The number of carbonyl (C=O) groups excluding carboxylic acids is 1. The predicted molar refractivity (Wildman–Crippen MR) is 120 cm³/mol. The normalized spacial score (nSPS) is 10.8. The van der Waals surface area contributed by atoms with E-state index in [4.69, 9.17) is 20.8 Å². The molecule has 0 radical (unpaired) electrons. The Labute approximate surface area is 185 Å². The van der Waals surface area contributed by atoms with Crippen molar-refractivity contribution in [1.29, 1.82) is 0 Å². The standard InChI is InChI=1S/C22H24ClN3O3S/c1-14-12-16(10-11-19(14)28-3)6-4-9-21-25-26-22(29-21)30-13-20(27)24-18-8-5-7-17(23)15(18)2/h5,7-8,10-12H,4,6,9,13H2,1-3H3,(H,24,27). The molecule has 1 heterocycles. The van der Waals surface area contributed by atoms with Crippen molar-refractivity contribution >= 4 is 35.0 Å². The number of methoxy groups -OCH3 is 1. The van der Waals surface area contributed by atoms with Crippen LogP contribution < -0.4 is 10.1 Å². The molecule has 0 saturated heterocycles. The van der Waals surface area contributed by atoms with Crippen LogP contribution in [-0.2, 0) is 17.6 Å². The molecule has 0 aliphatic carbocycles. The monoisotopic (exact) mass is 445 g/mol. The molecule has 3 aromatic rings. The molecular weight excluding hydrogens is 422 g/mol. The highest BCUT2D eigenvalue weighted by atomic mass is 35.5. The van der Waals surface area contributed by atoms with Crippen molar-refractivity contribution < 1.29 is 13.9 Å². The zero-order chi connectivity index (χ0) is 21.5. The number of thioether (sulfide) groups is 1. The van der Waals surface area contributed by atoms with Gasteiger partial charge in [0.05, 0.1) is 12.9 Å². The molecular formula is C22H24ClN3O3S. The minimum atomic E-state index is -0.153. The summed E-state index contributed by atoms with van der Waals surface area (Å²) in [5, 5.41) is 12.0. The minimum Gasteiger partial charge on any atom is -0.496 e. The number of nitrogens with zero attached hydrogens (tertiary/aromatic N) is 2. The van der Waals surface area contributed by atoms with Crippen LogP contribution in [0.1, 0.15) is 29.0 Å². The van der Waals surface area contributed by atoms with Crippen LogP contribution >= 0.6 is 23.4 Å². The number of aryl methyl sites for hydroxylation is 3. The first-order valence-electron chi connectivity index (χ1n) is 9.60. The maximum atomic E-state index is 12.2. The predicted octanol–water partition coefficient (Wildman–Crippen LogP) is 5.25. The zero-order valence-electron chi connectivity index (χ0n) is 17.2. The van der Waals surface area contributed by atoms with E-state index < -0.39 is 0 Å². The topological polar surface area (TPSA) is 77.2 Å². The van der Waals surface area contributed by atoms with Crippen molar-refractivity contribution in [2.75, 3.05) is 18.2 Å². The van der Waals surface area contributed by atoms with Crippen LogP contribution in [0.2, 0.25) is 5.02 Å². The summed E-state index contributed by atoms with van der Waals surface area (Å²) < 4.78 is 10.9. The molecule has 2 aromatic carbocycles. The Morgan fingerprint density at radius 1 is 1.20 bits per heavy atom. The summed E-state index contributed by atoms with van der Waals surface area (Å²) in [6.45, 7) is 3.90. The van der Waals surface area contributed by atoms with Gasteiger partial charge < -0.3 is 14.5 Å². The number of halogens is 1. The quantitative estimate of drug-likeness (QED) is 0.453. The Hall–Kier alpha value is -2.51. The Morgan fingerprint density at radius 2 is 2.03 bits per heavy atom. The van der Waals surface area contributed by atoms with Gasteiger partial charge in [-0.3, -0.25) is 4.79 Å². The van der Waals surface area contributed by atoms with Crippen LogP contribution in [0.5, 0.6) is 5.75 Å². The number of hydrogen-bond donors (Lipinski definition) is 1. The van der Waals surface area contributed by atoms with Gasteiger partial charge in [-0.25, -0.2) is 0 Å². The first-order valence-corrected chi connectivity index (χ1v) is 11.0. The number of nitrogens with one attached hydrogen (secondary N) is 1. The number of hydrogen-bond acceptors (Lipinski definition) is 6. The molecule has 0 fully saturated rings. The van der Waals surface area contributed by atoms with Crippen LogP contribution in [0.25, 0.3) is 0 Å². The van der Waals surface area contributed by atoms with E-state index in [-0.39, 0.29) is 11.7 Å². The summed E-state index contributed by atoms with van der Waals surface area (Å²) in [5.41, 5.74) is 3.91. The summed E-state index contributed by atoms with van der Waals surface area (Å²) in [4.78, 5) is 12.2. The van der Waals surface area contributed by atoms with Crippen LogP contribution in [0.15, 0.2) is 46.0 Å². The molecule has 0 aliphatic rings. The maximum Gasteiger partial charge on any atom is 0.277 e. The minimum absolute atomic E-state index is 0.153. The van der Waals surface area contributed by atoms with Crippen LogP contribution in [-0.4, -0.2) is 29.0 Å². The van der Waals surface area contributed by atoms with Crippen molar-refractivity contribution in [2.45, 2.75) is 38.3 Å². The molecule has 8 heteroatoms. The van der Waals surface area contributed by atoms with Gasteiger partial charge in [0.2, 0.25) is 11.8 Å². The van der Waals surface area contributed by atoms with Gasteiger partial charge in [0.15, 0.2) is 0 Å². The third kappa shape index (κ3) is 6.00. The fraction of sp³-hybridized carbons (Fsp3) is 0.318. The molecule has 0 atom stereocenters. The van der Waals surface area contributed by atoms with E-state index in [0.29, 0.717) is 28.2 Å². The molecule has 0 spiro atoms. The van der Waals surface area contributed by atoms with Gasteiger partial charge in [0, 0.05) is 17.1 Å². The fourth-order valence-electron chi connectivity index (χ4n) is 2.99. The molecule has 0 bridgehead atoms. The van der Waals surface area contributed by atoms with E-state index in [1.165, 1.54) is 17.3 Å². The molecule has 1 N–H and O–H groups in total.